The maximum atomic E-state index is 5.79. The third-order valence-electron chi connectivity index (χ3n) is 1.94. The van der Waals surface area contributed by atoms with Crippen LogP contribution >= 0.6 is 34.2 Å². The fraction of sp³-hybridized carbons (Fsp3) is 0. The Hall–Kier alpha value is -1.08. The van der Waals surface area contributed by atoms with E-state index in [1.165, 1.54) is 6.33 Å². The summed E-state index contributed by atoms with van der Waals surface area (Å²) in [7, 11) is 0. The lowest BCUT2D eigenvalue weighted by molar-refractivity contribution is 1.17. The maximum Gasteiger partial charge on any atom is 0.158 e. The van der Waals surface area contributed by atoms with Gasteiger partial charge in [-0.15, -0.1) is 0 Å². The van der Waals surface area contributed by atoms with E-state index in [-0.39, 0.29) is 5.15 Å². The average Bonchev–Trinajstić information content (AvgIpc) is 2.28. The Kier molecular flexibility index (Phi) is 3.45. The van der Waals surface area contributed by atoms with Crippen molar-refractivity contribution in [1.82, 2.24) is 9.97 Å². The molecule has 82 valence electrons. The van der Waals surface area contributed by atoms with Gasteiger partial charge in [0.05, 0.1) is 0 Å². The van der Waals surface area contributed by atoms with Crippen molar-refractivity contribution in [2.75, 3.05) is 11.1 Å². The molecular weight excluding hydrogens is 338 g/mol. The second-order valence-corrected chi connectivity index (χ2v) is 4.66. The van der Waals surface area contributed by atoms with Gasteiger partial charge in [-0.25, -0.2) is 9.97 Å². The first-order valence-electron chi connectivity index (χ1n) is 4.45. The number of nitrogens with one attached hydrogen (secondary N) is 1. The number of anilines is 3. The van der Waals surface area contributed by atoms with E-state index in [1.807, 2.05) is 24.3 Å². The first kappa shape index (κ1) is 11.4. The topological polar surface area (TPSA) is 63.8 Å². The van der Waals surface area contributed by atoms with E-state index in [0.29, 0.717) is 11.5 Å². The zero-order valence-corrected chi connectivity index (χ0v) is 11.0. The van der Waals surface area contributed by atoms with Gasteiger partial charge in [0.15, 0.2) is 11.0 Å². The van der Waals surface area contributed by atoms with Crippen LogP contribution in [0.15, 0.2) is 30.6 Å². The Morgan fingerprint density at radius 3 is 2.56 bits per heavy atom. The molecule has 2 aromatic rings. The highest BCUT2D eigenvalue weighted by atomic mass is 127. The quantitative estimate of drug-likeness (QED) is 0.648. The Balaban J connectivity index is 2.27. The van der Waals surface area contributed by atoms with E-state index in [1.54, 1.807) is 0 Å². The second kappa shape index (κ2) is 4.84. The molecule has 0 saturated carbocycles. The summed E-state index contributed by atoms with van der Waals surface area (Å²) >= 11 is 8.03. The number of rotatable bonds is 2. The fourth-order valence-corrected chi connectivity index (χ4v) is 1.64. The highest BCUT2D eigenvalue weighted by molar-refractivity contribution is 14.1. The Morgan fingerprint density at radius 2 is 1.88 bits per heavy atom. The van der Waals surface area contributed by atoms with Crippen LogP contribution in [0.4, 0.5) is 17.2 Å². The molecule has 0 amide bonds. The lowest BCUT2D eigenvalue weighted by atomic mass is 10.3. The van der Waals surface area contributed by atoms with Crippen LogP contribution in [0.5, 0.6) is 0 Å². The molecule has 0 fully saturated rings. The van der Waals surface area contributed by atoms with E-state index in [0.717, 1.165) is 9.26 Å². The number of aromatic nitrogens is 2. The minimum Gasteiger partial charge on any atom is -0.393 e. The van der Waals surface area contributed by atoms with Crippen molar-refractivity contribution in [2.24, 2.45) is 0 Å². The minimum absolute atomic E-state index is 0.253. The van der Waals surface area contributed by atoms with E-state index < -0.39 is 0 Å². The molecule has 2 rings (SSSR count). The van der Waals surface area contributed by atoms with E-state index in [9.17, 15) is 0 Å². The molecule has 0 bridgehead atoms. The molecule has 0 aliphatic heterocycles. The van der Waals surface area contributed by atoms with Gasteiger partial charge in [0.2, 0.25) is 0 Å². The van der Waals surface area contributed by atoms with Crippen molar-refractivity contribution in [3.05, 3.63) is 39.3 Å². The van der Waals surface area contributed by atoms with Crippen molar-refractivity contribution in [1.29, 1.82) is 0 Å². The van der Waals surface area contributed by atoms with Gasteiger partial charge in [0.1, 0.15) is 12.0 Å². The zero-order chi connectivity index (χ0) is 11.5. The van der Waals surface area contributed by atoms with Gasteiger partial charge < -0.3 is 11.1 Å². The SMILES string of the molecule is Nc1c(Cl)ncnc1Nc1ccc(I)cc1. The van der Waals surface area contributed by atoms with Crippen molar-refractivity contribution >= 4 is 51.4 Å². The zero-order valence-electron chi connectivity index (χ0n) is 8.11. The Labute approximate surface area is 111 Å². The fourth-order valence-electron chi connectivity index (χ4n) is 1.14. The molecule has 0 unspecified atom stereocenters. The number of halogens is 2. The van der Waals surface area contributed by atoms with Crippen LogP contribution in [0.25, 0.3) is 0 Å². The highest BCUT2D eigenvalue weighted by Crippen LogP contribution is 2.25. The minimum atomic E-state index is 0.253. The van der Waals surface area contributed by atoms with Gasteiger partial charge in [-0.2, -0.15) is 0 Å². The predicted molar refractivity (Wildman–Crippen MR) is 73.9 cm³/mol. The summed E-state index contributed by atoms with van der Waals surface area (Å²) in [6.07, 6.45) is 1.37. The van der Waals surface area contributed by atoms with Crippen molar-refractivity contribution in [3.8, 4) is 0 Å². The molecule has 0 aliphatic carbocycles. The van der Waals surface area contributed by atoms with Crippen molar-refractivity contribution < 1.29 is 0 Å². The molecule has 4 nitrogen and oxygen atoms in total. The smallest absolute Gasteiger partial charge is 0.158 e. The third-order valence-corrected chi connectivity index (χ3v) is 2.96. The Morgan fingerprint density at radius 1 is 1.19 bits per heavy atom. The summed E-state index contributed by atoms with van der Waals surface area (Å²) in [4.78, 5) is 7.81. The van der Waals surface area contributed by atoms with Crippen LogP contribution < -0.4 is 11.1 Å². The number of nitrogens with zero attached hydrogens (tertiary/aromatic N) is 2. The molecule has 0 aliphatic rings. The second-order valence-electron chi connectivity index (χ2n) is 3.06. The maximum absolute atomic E-state index is 5.79. The van der Waals surface area contributed by atoms with Crippen LogP contribution in [0.2, 0.25) is 5.15 Å². The van der Waals surface area contributed by atoms with E-state index in [2.05, 4.69) is 37.9 Å². The first-order chi connectivity index (χ1) is 7.66. The van der Waals surface area contributed by atoms with Crippen LogP contribution in [0, 0.1) is 3.57 Å². The number of nitrogen functional groups attached to an aromatic ring is 1. The molecule has 1 heterocycles. The van der Waals surface area contributed by atoms with E-state index in [4.69, 9.17) is 17.3 Å². The number of hydrogen-bond acceptors (Lipinski definition) is 4. The number of benzene rings is 1. The average molecular weight is 347 g/mol. The van der Waals surface area contributed by atoms with Crippen LogP contribution in [-0.2, 0) is 0 Å². The van der Waals surface area contributed by atoms with Crippen LogP contribution in [-0.4, -0.2) is 9.97 Å². The molecule has 6 heteroatoms. The summed E-state index contributed by atoms with van der Waals surface area (Å²) in [5.41, 5.74) is 6.99. The standard InChI is InChI=1S/C10H8ClIN4/c11-9-8(13)10(15-5-14-9)16-7-3-1-6(12)2-4-7/h1-5H,13H2,(H,14,15,16). The number of hydrogen-bond donors (Lipinski definition) is 2. The molecule has 0 saturated heterocycles. The summed E-state index contributed by atoms with van der Waals surface area (Å²) in [6.45, 7) is 0. The third kappa shape index (κ3) is 2.53. The lowest BCUT2D eigenvalue weighted by Crippen LogP contribution is -2.00. The van der Waals surface area contributed by atoms with Gasteiger partial charge in [0, 0.05) is 9.26 Å². The number of nitrogens with two attached hydrogens (primary N) is 1. The van der Waals surface area contributed by atoms with Crippen molar-refractivity contribution in [3.63, 3.8) is 0 Å². The molecule has 1 aromatic carbocycles. The Bertz CT molecular complexity index is 501. The van der Waals surface area contributed by atoms with Gasteiger partial charge in [-0.1, -0.05) is 11.6 Å². The monoisotopic (exact) mass is 346 g/mol. The predicted octanol–water partition coefficient (Wildman–Crippen LogP) is 3.06. The molecule has 0 atom stereocenters. The van der Waals surface area contributed by atoms with Gasteiger partial charge in [0.25, 0.3) is 0 Å². The molecular formula is C10H8ClIN4. The van der Waals surface area contributed by atoms with E-state index >= 15 is 0 Å². The molecule has 16 heavy (non-hydrogen) atoms. The normalized spacial score (nSPS) is 10.1. The molecule has 0 radical (unpaired) electrons. The largest absolute Gasteiger partial charge is 0.393 e. The van der Waals surface area contributed by atoms with Crippen LogP contribution in [0.3, 0.4) is 0 Å². The summed E-state index contributed by atoms with van der Waals surface area (Å²) in [5.74, 6) is 0.515. The first-order valence-corrected chi connectivity index (χ1v) is 5.91. The summed E-state index contributed by atoms with van der Waals surface area (Å²) < 4.78 is 1.16. The molecule has 0 spiro atoms. The lowest BCUT2D eigenvalue weighted by Gasteiger charge is -2.08. The van der Waals surface area contributed by atoms with Gasteiger partial charge >= 0.3 is 0 Å². The molecule has 1 aromatic heterocycles. The summed E-state index contributed by atoms with van der Waals surface area (Å²) in [5, 5.41) is 3.33. The van der Waals surface area contributed by atoms with Gasteiger partial charge in [-0.05, 0) is 46.9 Å². The van der Waals surface area contributed by atoms with Crippen LogP contribution in [0.1, 0.15) is 0 Å². The summed E-state index contributed by atoms with van der Waals surface area (Å²) in [6, 6.07) is 7.86. The highest BCUT2D eigenvalue weighted by Gasteiger charge is 2.05. The molecule has 3 N–H and O–H groups in total. The van der Waals surface area contributed by atoms with Gasteiger partial charge in [-0.3, -0.25) is 0 Å². The van der Waals surface area contributed by atoms with Crippen molar-refractivity contribution in [2.45, 2.75) is 0 Å².